The molecule has 5 heteroatoms. The van der Waals surface area contributed by atoms with Crippen LogP contribution >= 0.6 is 0 Å². The highest BCUT2D eigenvalue weighted by Crippen LogP contribution is 2.36. The summed E-state index contributed by atoms with van der Waals surface area (Å²) in [6.07, 6.45) is 3.81. The molecule has 0 saturated heterocycles. The average Bonchev–Trinajstić information content (AvgIpc) is 2.98. The third-order valence-corrected chi connectivity index (χ3v) is 3.27. The molecule has 1 aliphatic rings. The van der Waals surface area contributed by atoms with Crippen LogP contribution in [0.5, 0.6) is 0 Å². The van der Waals surface area contributed by atoms with Gasteiger partial charge >= 0.3 is 0 Å². The van der Waals surface area contributed by atoms with E-state index < -0.39 is 6.10 Å². The minimum atomic E-state index is -0.491. The molecule has 2 rings (SSSR count). The molecule has 17 heavy (non-hydrogen) atoms. The van der Waals surface area contributed by atoms with Crippen molar-refractivity contribution in [1.82, 2.24) is 14.8 Å². The first-order valence-corrected chi connectivity index (χ1v) is 6.22. The molecule has 2 unspecified atom stereocenters. The lowest BCUT2D eigenvalue weighted by atomic mass is 10.1. The van der Waals surface area contributed by atoms with Gasteiger partial charge in [-0.25, -0.2) is 9.67 Å². The minimum absolute atomic E-state index is 0.0627. The molecule has 1 aromatic rings. The molecule has 1 aliphatic carbocycles. The van der Waals surface area contributed by atoms with Crippen molar-refractivity contribution in [3.05, 3.63) is 12.2 Å². The third-order valence-electron chi connectivity index (χ3n) is 3.27. The maximum atomic E-state index is 10.2. The molecule has 0 aliphatic heterocycles. The quantitative estimate of drug-likeness (QED) is 0.810. The number of ether oxygens (including phenoxy) is 1. The Morgan fingerprint density at radius 2 is 2.24 bits per heavy atom. The third kappa shape index (κ3) is 2.84. The van der Waals surface area contributed by atoms with Crippen LogP contribution in [0.1, 0.15) is 38.6 Å². The van der Waals surface area contributed by atoms with Crippen LogP contribution < -0.4 is 0 Å². The summed E-state index contributed by atoms with van der Waals surface area (Å²) >= 11 is 0. The molecular weight excluding hydrogens is 218 g/mol. The van der Waals surface area contributed by atoms with Crippen molar-refractivity contribution in [1.29, 1.82) is 0 Å². The van der Waals surface area contributed by atoms with E-state index >= 15 is 0 Å². The van der Waals surface area contributed by atoms with Gasteiger partial charge in [-0.15, -0.1) is 0 Å². The van der Waals surface area contributed by atoms with Gasteiger partial charge in [0.2, 0.25) is 0 Å². The Balaban J connectivity index is 2.01. The van der Waals surface area contributed by atoms with E-state index in [4.69, 9.17) is 4.74 Å². The predicted octanol–water partition coefficient (Wildman–Crippen LogP) is 1.19. The fourth-order valence-electron chi connectivity index (χ4n) is 2.24. The van der Waals surface area contributed by atoms with Crippen molar-refractivity contribution in [2.45, 2.75) is 51.4 Å². The number of aromatic nitrogens is 3. The van der Waals surface area contributed by atoms with E-state index in [2.05, 4.69) is 23.9 Å². The van der Waals surface area contributed by atoms with E-state index in [1.165, 1.54) is 0 Å². The van der Waals surface area contributed by atoms with E-state index in [1.807, 2.05) is 4.68 Å². The highest BCUT2D eigenvalue weighted by molar-refractivity contribution is 4.95. The number of hydrogen-bond acceptors (Lipinski definition) is 4. The van der Waals surface area contributed by atoms with Gasteiger partial charge in [0.05, 0.1) is 12.2 Å². The molecular formula is C12H21N3O2. The lowest BCUT2D eigenvalue weighted by Crippen LogP contribution is -2.33. The molecule has 0 aromatic carbocycles. The number of aliphatic hydroxyl groups is 1. The fourth-order valence-corrected chi connectivity index (χ4v) is 2.24. The summed E-state index contributed by atoms with van der Waals surface area (Å²) in [6.45, 7) is 4.11. The SMILES string of the molecule is COC(C(O)Cc1ncnn1C(C)C)C1CC1. The molecule has 1 heterocycles. The molecule has 0 bridgehead atoms. The second-order valence-electron chi connectivity index (χ2n) is 5.02. The summed E-state index contributed by atoms with van der Waals surface area (Å²) in [5, 5.41) is 14.4. The number of methoxy groups -OCH3 is 1. The molecule has 1 saturated carbocycles. The first-order chi connectivity index (χ1) is 8.13. The van der Waals surface area contributed by atoms with E-state index in [0.29, 0.717) is 12.3 Å². The molecule has 96 valence electrons. The van der Waals surface area contributed by atoms with Gasteiger partial charge in [-0.2, -0.15) is 5.10 Å². The fraction of sp³-hybridized carbons (Fsp3) is 0.833. The zero-order chi connectivity index (χ0) is 12.4. The van der Waals surface area contributed by atoms with Gasteiger partial charge in [0.15, 0.2) is 0 Å². The highest BCUT2D eigenvalue weighted by Gasteiger charge is 2.36. The van der Waals surface area contributed by atoms with E-state index in [-0.39, 0.29) is 12.1 Å². The van der Waals surface area contributed by atoms with Crippen molar-refractivity contribution in [3.8, 4) is 0 Å². The Kier molecular flexibility index (Phi) is 3.79. The van der Waals surface area contributed by atoms with Crippen LogP contribution in [0.15, 0.2) is 6.33 Å². The normalized spacial score (nSPS) is 19.6. The average molecular weight is 239 g/mol. The van der Waals surface area contributed by atoms with Crippen molar-refractivity contribution < 1.29 is 9.84 Å². The lowest BCUT2D eigenvalue weighted by molar-refractivity contribution is -0.0251. The number of nitrogens with zero attached hydrogens (tertiary/aromatic N) is 3. The summed E-state index contributed by atoms with van der Waals surface area (Å²) in [5.41, 5.74) is 0. The van der Waals surface area contributed by atoms with Crippen LogP contribution in [-0.2, 0) is 11.2 Å². The van der Waals surface area contributed by atoms with Crippen LogP contribution in [-0.4, -0.2) is 39.2 Å². The Morgan fingerprint density at radius 3 is 2.76 bits per heavy atom. The van der Waals surface area contributed by atoms with Crippen molar-refractivity contribution in [2.75, 3.05) is 7.11 Å². The molecule has 0 radical (unpaired) electrons. The highest BCUT2D eigenvalue weighted by atomic mass is 16.5. The van der Waals surface area contributed by atoms with E-state index in [0.717, 1.165) is 18.7 Å². The standard InChI is InChI=1S/C12H21N3O2/c1-8(2)15-11(13-7-14-15)6-10(16)12(17-3)9-4-5-9/h7-10,12,16H,4-6H2,1-3H3. The Hall–Kier alpha value is -0.940. The Bertz CT molecular complexity index is 360. The maximum Gasteiger partial charge on any atom is 0.138 e. The van der Waals surface area contributed by atoms with Crippen LogP contribution in [0.25, 0.3) is 0 Å². The zero-order valence-electron chi connectivity index (χ0n) is 10.7. The van der Waals surface area contributed by atoms with Gasteiger partial charge in [-0.1, -0.05) is 0 Å². The second kappa shape index (κ2) is 5.14. The van der Waals surface area contributed by atoms with Gasteiger partial charge in [0.1, 0.15) is 12.2 Å². The van der Waals surface area contributed by atoms with Gasteiger partial charge in [0.25, 0.3) is 0 Å². The van der Waals surface area contributed by atoms with E-state index in [1.54, 1.807) is 13.4 Å². The van der Waals surface area contributed by atoms with Crippen molar-refractivity contribution in [2.24, 2.45) is 5.92 Å². The van der Waals surface area contributed by atoms with Crippen LogP contribution in [0.3, 0.4) is 0 Å². The molecule has 1 N–H and O–H groups in total. The maximum absolute atomic E-state index is 10.2. The van der Waals surface area contributed by atoms with Gasteiger partial charge in [-0.3, -0.25) is 0 Å². The van der Waals surface area contributed by atoms with Crippen LogP contribution in [0, 0.1) is 5.92 Å². The Morgan fingerprint density at radius 1 is 1.53 bits per heavy atom. The molecule has 2 atom stereocenters. The number of rotatable bonds is 6. The van der Waals surface area contributed by atoms with E-state index in [9.17, 15) is 5.11 Å². The molecule has 0 spiro atoms. The molecule has 1 fully saturated rings. The van der Waals surface area contributed by atoms with Crippen LogP contribution in [0.4, 0.5) is 0 Å². The summed E-state index contributed by atoms with van der Waals surface area (Å²) in [4.78, 5) is 4.21. The van der Waals surface area contributed by atoms with Crippen molar-refractivity contribution in [3.63, 3.8) is 0 Å². The van der Waals surface area contributed by atoms with Gasteiger partial charge in [-0.05, 0) is 32.6 Å². The minimum Gasteiger partial charge on any atom is -0.390 e. The first-order valence-electron chi connectivity index (χ1n) is 6.22. The number of hydrogen-bond donors (Lipinski definition) is 1. The zero-order valence-corrected chi connectivity index (χ0v) is 10.7. The van der Waals surface area contributed by atoms with Gasteiger partial charge < -0.3 is 9.84 Å². The topological polar surface area (TPSA) is 60.2 Å². The second-order valence-corrected chi connectivity index (χ2v) is 5.02. The van der Waals surface area contributed by atoms with Crippen LogP contribution in [0.2, 0.25) is 0 Å². The lowest BCUT2D eigenvalue weighted by Gasteiger charge is -2.21. The van der Waals surface area contributed by atoms with Gasteiger partial charge in [0, 0.05) is 19.6 Å². The predicted molar refractivity (Wildman–Crippen MR) is 63.6 cm³/mol. The molecule has 1 aromatic heterocycles. The summed E-state index contributed by atoms with van der Waals surface area (Å²) < 4.78 is 7.23. The summed E-state index contributed by atoms with van der Waals surface area (Å²) in [7, 11) is 1.67. The van der Waals surface area contributed by atoms with Crippen molar-refractivity contribution >= 4 is 0 Å². The summed E-state index contributed by atoms with van der Waals surface area (Å²) in [6, 6.07) is 0.265. The molecule has 5 nitrogen and oxygen atoms in total. The summed E-state index contributed by atoms with van der Waals surface area (Å²) in [5.74, 6) is 1.35. The largest absolute Gasteiger partial charge is 0.390 e. The Labute approximate surface area is 102 Å². The first kappa shape index (κ1) is 12.5. The number of aliphatic hydroxyl groups excluding tert-OH is 1. The smallest absolute Gasteiger partial charge is 0.138 e. The molecule has 0 amide bonds. The monoisotopic (exact) mass is 239 g/mol.